The second-order valence-electron chi connectivity index (χ2n) is 6.36. The van der Waals surface area contributed by atoms with Gasteiger partial charge in [0.05, 0.1) is 16.3 Å². The zero-order chi connectivity index (χ0) is 19.6. The second kappa shape index (κ2) is 8.10. The fourth-order valence-corrected chi connectivity index (χ4v) is 3.57. The quantitative estimate of drug-likeness (QED) is 0.610. The molecule has 10 heteroatoms. The molecule has 5 nitrogen and oxygen atoms in total. The summed E-state index contributed by atoms with van der Waals surface area (Å²) in [6.45, 7) is 0.410. The minimum atomic E-state index is -4.44. The van der Waals surface area contributed by atoms with Crippen LogP contribution in [0.5, 0.6) is 0 Å². The van der Waals surface area contributed by atoms with Crippen molar-refractivity contribution in [3.8, 4) is 11.5 Å². The summed E-state index contributed by atoms with van der Waals surface area (Å²) in [7, 11) is 0. The van der Waals surface area contributed by atoms with Crippen LogP contribution >= 0.6 is 23.4 Å². The Bertz CT molecular complexity index is 811. The first kappa shape index (κ1) is 20.0. The molecule has 1 saturated carbocycles. The van der Waals surface area contributed by atoms with Crippen molar-refractivity contribution >= 4 is 29.3 Å². The number of aromatic nitrogens is 2. The average Bonchev–Trinajstić information content (AvgIpc) is 3.35. The molecule has 1 aliphatic rings. The normalized spacial score (nSPS) is 15.6. The Kier molecular flexibility index (Phi) is 6.00. The third-order valence-electron chi connectivity index (χ3n) is 4.30. The van der Waals surface area contributed by atoms with Gasteiger partial charge in [-0.3, -0.25) is 4.79 Å². The van der Waals surface area contributed by atoms with Crippen LogP contribution in [0.2, 0.25) is 5.02 Å². The number of thioether (sulfide) groups is 1. The van der Waals surface area contributed by atoms with Crippen molar-refractivity contribution in [2.24, 2.45) is 5.92 Å². The predicted octanol–water partition coefficient (Wildman–Crippen LogP) is 4.67. The number of amides is 1. The molecule has 27 heavy (non-hydrogen) atoms. The topological polar surface area (TPSA) is 59.2 Å². The molecule has 1 aromatic heterocycles. The molecule has 1 amide bonds. The smallest absolute Gasteiger partial charge is 0.406 e. The fraction of sp³-hybridized carbons (Fsp3) is 0.471. The number of alkyl halides is 3. The Morgan fingerprint density at radius 1 is 1.37 bits per heavy atom. The summed E-state index contributed by atoms with van der Waals surface area (Å²) in [6, 6.07) is 6.45. The van der Waals surface area contributed by atoms with Gasteiger partial charge in [0.2, 0.25) is 11.8 Å². The lowest BCUT2D eigenvalue weighted by atomic mass is 10.2. The third kappa shape index (κ3) is 5.38. The first-order chi connectivity index (χ1) is 12.7. The molecule has 3 rings (SSSR count). The highest BCUT2D eigenvalue weighted by atomic mass is 35.5. The Hall–Kier alpha value is -1.74. The van der Waals surface area contributed by atoms with Crippen molar-refractivity contribution in [2.45, 2.75) is 37.2 Å². The highest BCUT2D eigenvalue weighted by Crippen LogP contribution is 2.36. The first-order valence-electron chi connectivity index (χ1n) is 8.32. The van der Waals surface area contributed by atoms with Crippen LogP contribution in [0.3, 0.4) is 0 Å². The first-order valence-corrected chi connectivity index (χ1v) is 9.68. The summed E-state index contributed by atoms with van der Waals surface area (Å²) in [4.78, 5) is 13.3. The van der Waals surface area contributed by atoms with E-state index in [4.69, 9.17) is 16.0 Å². The van der Waals surface area contributed by atoms with Crippen LogP contribution in [-0.2, 0) is 4.79 Å². The van der Waals surface area contributed by atoms with Crippen molar-refractivity contribution in [1.29, 1.82) is 0 Å². The number of nitrogens with zero attached hydrogens (tertiary/aromatic N) is 3. The maximum Gasteiger partial charge on any atom is 0.406 e. The van der Waals surface area contributed by atoms with Gasteiger partial charge < -0.3 is 9.32 Å². The lowest BCUT2D eigenvalue weighted by Crippen LogP contribution is -2.46. The van der Waals surface area contributed by atoms with E-state index in [9.17, 15) is 18.0 Å². The molecule has 1 aromatic carbocycles. The van der Waals surface area contributed by atoms with Crippen LogP contribution in [0.25, 0.3) is 11.5 Å². The summed E-state index contributed by atoms with van der Waals surface area (Å²) < 4.78 is 44.0. The molecule has 0 saturated heterocycles. The van der Waals surface area contributed by atoms with E-state index in [1.165, 1.54) is 0 Å². The minimum absolute atomic E-state index is 0.101. The zero-order valence-electron chi connectivity index (χ0n) is 14.4. The van der Waals surface area contributed by atoms with Crippen molar-refractivity contribution in [2.75, 3.05) is 12.3 Å². The number of halogens is 4. The molecule has 1 fully saturated rings. The number of hydrogen-bond acceptors (Lipinski definition) is 5. The Balaban J connectivity index is 1.64. The maximum absolute atomic E-state index is 12.8. The molecule has 0 radical (unpaired) electrons. The van der Waals surface area contributed by atoms with Gasteiger partial charge in [-0.15, -0.1) is 10.2 Å². The fourth-order valence-electron chi connectivity index (χ4n) is 2.70. The molecular formula is C17H17ClF3N3O2S. The largest absolute Gasteiger partial charge is 0.411 e. The summed E-state index contributed by atoms with van der Waals surface area (Å²) in [5.41, 5.74) is 0.547. The van der Waals surface area contributed by atoms with E-state index in [1.807, 2.05) is 0 Å². The number of benzene rings is 1. The van der Waals surface area contributed by atoms with E-state index in [1.54, 1.807) is 31.2 Å². The molecule has 0 aliphatic heterocycles. The van der Waals surface area contributed by atoms with E-state index in [-0.39, 0.29) is 22.8 Å². The van der Waals surface area contributed by atoms with E-state index >= 15 is 0 Å². The van der Waals surface area contributed by atoms with Gasteiger partial charge in [-0.1, -0.05) is 35.5 Å². The summed E-state index contributed by atoms with van der Waals surface area (Å²) >= 11 is 6.98. The van der Waals surface area contributed by atoms with Gasteiger partial charge in [-0.2, -0.15) is 13.2 Å². The number of hydrogen-bond donors (Lipinski definition) is 0. The van der Waals surface area contributed by atoms with Crippen molar-refractivity contribution < 1.29 is 22.4 Å². The molecule has 0 spiro atoms. The Morgan fingerprint density at radius 3 is 2.70 bits per heavy atom. The van der Waals surface area contributed by atoms with Gasteiger partial charge >= 0.3 is 6.18 Å². The molecule has 1 unspecified atom stereocenters. The Morgan fingerprint density at radius 2 is 2.07 bits per heavy atom. The van der Waals surface area contributed by atoms with Gasteiger partial charge in [0.15, 0.2) is 0 Å². The SMILES string of the molecule is CC(C1CC1)N(CC(F)(F)F)C(=O)CSc1nnc(-c2ccccc2Cl)o1. The van der Waals surface area contributed by atoms with Crippen LogP contribution in [0.15, 0.2) is 33.9 Å². The van der Waals surface area contributed by atoms with Crippen molar-refractivity contribution in [1.82, 2.24) is 15.1 Å². The highest BCUT2D eigenvalue weighted by molar-refractivity contribution is 7.99. The van der Waals surface area contributed by atoms with Crippen LogP contribution in [0, 0.1) is 5.92 Å². The lowest BCUT2D eigenvalue weighted by Gasteiger charge is -2.30. The monoisotopic (exact) mass is 419 g/mol. The molecule has 2 aromatic rings. The van der Waals surface area contributed by atoms with E-state index < -0.39 is 24.7 Å². The molecule has 146 valence electrons. The summed E-state index contributed by atoms with van der Waals surface area (Å²) in [5.74, 6) is -0.489. The predicted molar refractivity (Wildman–Crippen MR) is 95.4 cm³/mol. The lowest BCUT2D eigenvalue weighted by molar-refractivity contribution is -0.164. The van der Waals surface area contributed by atoms with Crippen molar-refractivity contribution in [3.63, 3.8) is 0 Å². The molecule has 0 bridgehead atoms. The van der Waals surface area contributed by atoms with Gasteiger partial charge in [-0.05, 0) is 37.8 Å². The standard InChI is InChI=1S/C17H17ClF3N3O2S/c1-10(11-6-7-11)24(9-17(19,20)21)14(25)8-27-16-23-22-15(26-16)12-4-2-3-5-13(12)18/h2-5,10-11H,6-9H2,1H3. The van der Waals surface area contributed by atoms with E-state index in [2.05, 4.69) is 10.2 Å². The second-order valence-corrected chi connectivity index (χ2v) is 7.69. The summed E-state index contributed by atoms with van der Waals surface area (Å²) in [5, 5.41) is 8.24. The van der Waals surface area contributed by atoms with Gasteiger partial charge in [0.1, 0.15) is 6.54 Å². The molecule has 1 heterocycles. The minimum Gasteiger partial charge on any atom is -0.411 e. The van der Waals surface area contributed by atoms with Gasteiger partial charge in [0, 0.05) is 6.04 Å². The van der Waals surface area contributed by atoms with Crippen LogP contribution in [0.4, 0.5) is 13.2 Å². The molecular weight excluding hydrogens is 403 g/mol. The number of carbonyl (C=O) groups excluding carboxylic acids is 1. The highest BCUT2D eigenvalue weighted by Gasteiger charge is 2.40. The van der Waals surface area contributed by atoms with E-state index in [0.29, 0.717) is 10.6 Å². The van der Waals surface area contributed by atoms with E-state index in [0.717, 1.165) is 29.5 Å². The average molecular weight is 420 g/mol. The molecule has 1 aliphatic carbocycles. The third-order valence-corrected chi connectivity index (χ3v) is 5.43. The van der Waals surface area contributed by atoms with Crippen LogP contribution in [0.1, 0.15) is 19.8 Å². The summed E-state index contributed by atoms with van der Waals surface area (Å²) in [6.07, 6.45) is -2.74. The molecule has 0 N–H and O–H groups in total. The van der Waals surface area contributed by atoms with Crippen LogP contribution < -0.4 is 0 Å². The van der Waals surface area contributed by atoms with Gasteiger partial charge in [-0.25, -0.2) is 0 Å². The zero-order valence-corrected chi connectivity index (χ0v) is 15.9. The maximum atomic E-state index is 12.8. The number of rotatable bonds is 7. The number of carbonyl (C=O) groups is 1. The van der Waals surface area contributed by atoms with Crippen LogP contribution in [-0.4, -0.2) is 45.5 Å². The van der Waals surface area contributed by atoms with Gasteiger partial charge in [0.25, 0.3) is 5.22 Å². The molecule has 1 atom stereocenters. The Labute approximate surface area is 163 Å². The van der Waals surface area contributed by atoms with Crippen molar-refractivity contribution in [3.05, 3.63) is 29.3 Å².